The molecule has 7 heteroatoms. The number of ether oxygens (including phenoxy) is 1. The molecule has 30 heavy (non-hydrogen) atoms. The third-order valence-corrected chi connectivity index (χ3v) is 4.54. The number of carbonyl (C=O) groups excluding carboxylic acids is 1. The van der Waals surface area contributed by atoms with Crippen molar-refractivity contribution in [1.82, 2.24) is 15.2 Å². The summed E-state index contributed by atoms with van der Waals surface area (Å²) in [6, 6.07) is 12.5. The van der Waals surface area contributed by atoms with Gasteiger partial charge in [0.25, 0.3) is 0 Å². The van der Waals surface area contributed by atoms with Gasteiger partial charge in [-0.2, -0.15) is 0 Å². The van der Waals surface area contributed by atoms with Crippen LogP contribution in [0.2, 0.25) is 0 Å². The van der Waals surface area contributed by atoms with Gasteiger partial charge < -0.3 is 15.2 Å². The van der Waals surface area contributed by atoms with E-state index in [2.05, 4.69) is 10.3 Å². The number of pyridine rings is 1. The van der Waals surface area contributed by atoms with E-state index in [4.69, 9.17) is 4.74 Å². The maximum atomic E-state index is 12.8. The molecule has 1 aromatic carbocycles. The fraction of sp³-hybridized carbons (Fsp3) is 0.435. The van der Waals surface area contributed by atoms with Gasteiger partial charge in [0.1, 0.15) is 18.4 Å². The molecule has 1 unspecified atom stereocenters. The number of carbonyl (C=O) groups is 2. The van der Waals surface area contributed by atoms with E-state index in [0.29, 0.717) is 24.6 Å². The van der Waals surface area contributed by atoms with Crippen LogP contribution in [0.3, 0.4) is 0 Å². The Morgan fingerprint density at radius 3 is 2.40 bits per heavy atom. The first-order valence-corrected chi connectivity index (χ1v) is 10.1. The predicted octanol–water partition coefficient (Wildman–Crippen LogP) is 3.88. The highest BCUT2D eigenvalue weighted by atomic mass is 16.5. The lowest BCUT2D eigenvalue weighted by atomic mass is 9.99. The smallest absolute Gasteiger partial charge is 0.408 e. The van der Waals surface area contributed by atoms with Crippen LogP contribution in [0.1, 0.15) is 45.4 Å². The van der Waals surface area contributed by atoms with Gasteiger partial charge in [-0.25, -0.2) is 4.79 Å². The molecule has 1 aromatic heterocycles. The first-order chi connectivity index (χ1) is 14.2. The molecule has 0 saturated heterocycles. The fourth-order valence-electron chi connectivity index (χ4n) is 3.11. The number of nitrogens with one attached hydrogen (secondary N) is 1. The Kier molecular flexibility index (Phi) is 8.21. The number of amides is 2. The molecule has 0 aliphatic rings. The molecule has 2 amide bonds. The summed E-state index contributed by atoms with van der Waals surface area (Å²) in [7, 11) is 0. The molecule has 0 fully saturated rings. The second kappa shape index (κ2) is 10.6. The predicted molar refractivity (Wildman–Crippen MR) is 115 cm³/mol. The number of benzene rings is 1. The topological polar surface area (TPSA) is 91.8 Å². The molecule has 0 aliphatic heterocycles. The first-order valence-electron chi connectivity index (χ1n) is 10.1. The summed E-state index contributed by atoms with van der Waals surface area (Å²) in [5.74, 6) is 0.292. The Hall–Kier alpha value is -3.09. The molecule has 162 valence electrons. The molecule has 2 N–H and O–H groups in total. The van der Waals surface area contributed by atoms with Gasteiger partial charge in [-0.1, -0.05) is 37.3 Å². The van der Waals surface area contributed by atoms with Crippen molar-refractivity contribution >= 4 is 12.0 Å². The number of aromatic nitrogens is 1. The van der Waals surface area contributed by atoms with Crippen LogP contribution in [-0.4, -0.2) is 45.1 Å². The normalized spacial score (nSPS) is 12.1. The molecular weight excluding hydrogens is 382 g/mol. The Bertz CT molecular complexity index is 817. The molecule has 1 atom stereocenters. The van der Waals surface area contributed by atoms with Gasteiger partial charge in [0.15, 0.2) is 0 Å². The molecule has 2 rings (SSSR count). The lowest BCUT2D eigenvalue weighted by Gasteiger charge is -2.38. The summed E-state index contributed by atoms with van der Waals surface area (Å²) in [4.78, 5) is 30.3. The Labute approximate surface area is 178 Å². The lowest BCUT2D eigenvalue weighted by Crippen LogP contribution is -2.57. The number of carboxylic acid groups (broad SMARTS) is 1. The molecule has 1 heterocycles. The number of rotatable bonds is 9. The maximum absolute atomic E-state index is 12.8. The Morgan fingerprint density at radius 1 is 1.17 bits per heavy atom. The van der Waals surface area contributed by atoms with Crippen LogP contribution in [-0.2, 0) is 17.8 Å². The van der Waals surface area contributed by atoms with Gasteiger partial charge in [0.05, 0.1) is 6.20 Å². The van der Waals surface area contributed by atoms with E-state index < -0.39 is 17.7 Å². The van der Waals surface area contributed by atoms with Crippen LogP contribution in [0.4, 0.5) is 4.79 Å². The second-order valence-corrected chi connectivity index (χ2v) is 8.09. The average Bonchev–Trinajstić information content (AvgIpc) is 2.70. The molecular formula is C23H31N3O4. The van der Waals surface area contributed by atoms with Gasteiger partial charge in [-0.05, 0) is 44.9 Å². The van der Waals surface area contributed by atoms with Gasteiger partial charge in [0.2, 0.25) is 5.91 Å². The molecule has 0 bridgehead atoms. The molecule has 0 aliphatic carbocycles. The zero-order valence-corrected chi connectivity index (χ0v) is 18.1. The molecule has 0 saturated carbocycles. The van der Waals surface area contributed by atoms with Crippen molar-refractivity contribution in [3.63, 3.8) is 0 Å². The highest BCUT2D eigenvalue weighted by Crippen LogP contribution is 2.21. The Morgan fingerprint density at radius 2 is 1.87 bits per heavy atom. The van der Waals surface area contributed by atoms with Crippen molar-refractivity contribution in [2.75, 3.05) is 6.54 Å². The number of hydrogen-bond acceptors (Lipinski definition) is 4. The van der Waals surface area contributed by atoms with E-state index in [1.807, 2.05) is 37.3 Å². The third-order valence-electron chi connectivity index (χ3n) is 4.54. The second-order valence-electron chi connectivity index (χ2n) is 8.09. The van der Waals surface area contributed by atoms with Crippen molar-refractivity contribution in [1.29, 1.82) is 0 Å². The van der Waals surface area contributed by atoms with E-state index in [1.165, 1.54) is 4.90 Å². The SMILES string of the molecule is CCCNC(=O)C(Cc1ccc(OCc2ccccc2)cn1)N(C(=O)O)C(C)(C)C. The van der Waals surface area contributed by atoms with Crippen LogP contribution in [0.25, 0.3) is 0 Å². The van der Waals surface area contributed by atoms with Crippen LogP contribution in [0, 0.1) is 0 Å². The Balaban J connectivity index is 2.14. The molecule has 0 radical (unpaired) electrons. The highest BCUT2D eigenvalue weighted by molar-refractivity contribution is 5.85. The first kappa shape index (κ1) is 23.2. The van der Waals surface area contributed by atoms with Gasteiger partial charge >= 0.3 is 6.09 Å². The number of hydrogen-bond donors (Lipinski definition) is 2. The summed E-state index contributed by atoms with van der Waals surface area (Å²) in [5.41, 5.74) is 0.935. The number of nitrogens with zero attached hydrogens (tertiary/aromatic N) is 2. The summed E-state index contributed by atoms with van der Waals surface area (Å²) >= 11 is 0. The highest BCUT2D eigenvalue weighted by Gasteiger charge is 2.37. The molecule has 7 nitrogen and oxygen atoms in total. The van der Waals surface area contributed by atoms with Crippen LogP contribution in [0.5, 0.6) is 5.75 Å². The van der Waals surface area contributed by atoms with Crippen molar-refractivity contribution < 1.29 is 19.4 Å². The van der Waals surface area contributed by atoms with E-state index >= 15 is 0 Å². The monoisotopic (exact) mass is 413 g/mol. The van der Waals surface area contributed by atoms with Gasteiger partial charge in [0, 0.05) is 24.2 Å². The van der Waals surface area contributed by atoms with Crippen molar-refractivity contribution in [2.24, 2.45) is 0 Å². The fourth-order valence-corrected chi connectivity index (χ4v) is 3.11. The van der Waals surface area contributed by atoms with Crippen molar-refractivity contribution in [3.8, 4) is 5.75 Å². The standard InChI is InChI=1S/C23H31N3O4/c1-5-13-24-21(27)20(26(22(28)29)23(2,3)4)14-18-11-12-19(15-25-18)30-16-17-9-7-6-8-10-17/h6-12,15,20H,5,13-14,16H2,1-4H3,(H,24,27)(H,28,29). The summed E-state index contributed by atoms with van der Waals surface area (Å²) in [6.45, 7) is 8.19. The van der Waals surface area contributed by atoms with E-state index in [-0.39, 0.29) is 12.3 Å². The molecule has 0 spiro atoms. The van der Waals surface area contributed by atoms with Gasteiger partial charge in [-0.15, -0.1) is 0 Å². The maximum Gasteiger partial charge on any atom is 0.408 e. The van der Waals surface area contributed by atoms with Crippen LogP contribution >= 0.6 is 0 Å². The van der Waals surface area contributed by atoms with Crippen LogP contribution in [0.15, 0.2) is 48.7 Å². The van der Waals surface area contributed by atoms with Gasteiger partial charge in [-0.3, -0.25) is 14.7 Å². The summed E-state index contributed by atoms with van der Waals surface area (Å²) in [6.07, 6.45) is 1.41. The van der Waals surface area contributed by atoms with E-state index in [1.54, 1.807) is 39.1 Å². The summed E-state index contributed by atoms with van der Waals surface area (Å²) < 4.78 is 5.75. The summed E-state index contributed by atoms with van der Waals surface area (Å²) in [5, 5.41) is 12.6. The molecule has 2 aromatic rings. The zero-order valence-electron chi connectivity index (χ0n) is 18.1. The van der Waals surface area contributed by atoms with Crippen molar-refractivity contribution in [2.45, 2.75) is 58.7 Å². The van der Waals surface area contributed by atoms with Crippen molar-refractivity contribution in [3.05, 3.63) is 59.9 Å². The third kappa shape index (κ3) is 6.76. The minimum atomic E-state index is -1.14. The zero-order chi connectivity index (χ0) is 22.1. The minimum absolute atomic E-state index is 0.179. The van der Waals surface area contributed by atoms with E-state index in [9.17, 15) is 14.7 Å². The minimum Gasteiger partial charge on any atom is -0.487 e. The lowest BCUT2D eigenvalue weighted by molar-refractivity contribution is -0.127. The average molecular weight is 414 g/mol. The quantitative estimate of drug-likeness (QED) is 0.651. The van der Waals surface area contributed by atoms with Crippen LogP contribution < -0.4 is 10.1 Å². The largest absolute Gasteiger partial charge is 0.487 e. The van der Waals surface area contributed by atoms with E-state index in [0.717, 1.165) is 12.0 Å².